The Kier molecular flexibility index (Phi) is 1.18. The Balaban J connectivity index is 2.14. The van der Waals surface area contributed by atoms with E-state index in [9.17, 15) is 0 Å². The quantitative estimate of drug-likeness (QED) is 0.564. The lowest BCUT2D eigenvalue weighted by atomic mass is 10.9. The van der Waals surface area contributed by atoms with Gasteiger partial charge in [-0.25, -0.2) is 0 Å². The van der Waals surface area contributed by atoms with Crippen LogP contribution in [0.25, 0.3) is 5.32 Å². The molecule has 9 heteroatoms. The molecule has 0 unspecified atom stereocenters. The minimum absolute atomic E-state index is 0.117. The number of aromatic nitrogens is 8. The maximum Gasteiger partial charge on any atom is 0.189 e. The average molecular weight is 151 g/mol. The zero-order valence-electron chi connectivity index (χ0n) is 5.08. The molecule has 0 saturated carbocycles. The van der Waals surface area contributed by atoms with Crippen molar-refractivity contribution >= 4 is 11.9 Å². The second kappa shape index (κ2) is 2.28. The first kappa shape index (κ1) is 5.70. The maximum atomic E-state index is 3.70. The molecule has 0 amide bonds. The average Bonchev–Trinajstić information content (AvgIpc) is 2.60. The number of nitrogens with one attached hydrogen (secondary N) is 1. The summed E-state index contributed by atoms with van der Waals surface area (Å²) in [5.74, 6) is 0.270. The van der Waals surface area contributed by atoms with E-state index in [0.29, 0.717) is 0 Å². The van der Waals surface area contributed by atoms with Gasteiger partial charge in [-0.1, -0.05) is 11.2 Å². The molecule has 11 heavy (non-hydrogen) atoms. The van der Waals surface area contributed by atoms with Crippen molar-refractivity contribution < 1.29 is 0 Å². The monoisotopic (exact) mass is 151 g/mol. The van der Waals surface area contributed by atoms with E-state index in [1.165, 1.54) is 0 Å². The molecule has 0 bridgehead atoms. The van der Waals surface area contributed by atoms with Crippen LogP contribution in [-0.2, 0) is 0 Å². The summed E-state index contributed by atoms with van der Waals surface area (Å²) >= 11 is 0. The minimum atomic E-state index is 0.117. The zero-order chi connectivity index (χ0) is 7.52. The second-order valence-electron chi connectivity index (χ2n) is 1.50. The number of aromatic amines is 1. The topological polar surface area (TPSA) is 121 Å². The standard InChI is InChI=1S/C2HN9/c3(1-4-8-9-5-1)2-6-10-11-7-2/h(H-2,3,4,5,6,7,8,9,10,11)/q-2. The summed E-state index contributed by atoms with van der Waals surface area (Å²) in [5.41, 5.74) is 0. The van der Waals surface area contributed by atoms with Crippen LogP contribution >= 0.6 is 0 Å². The van der Waals surface area contributed by atoms with Crippen molar-refractivity contribution in [1.82, 2.24) is 41.2 Å². The summed E-state index contributed by atoms with van der Waals surface area (Å²) in [5, 5.41) is 29.6. The molecule has 0 aliphatic heterocycles. The van der Waals surface area contributed by atoms with Gasteiger partial charge in [-0.2, -0.15) is 5.21 Å². The molecular formula is C2HN9-2. The van der Waals surface area contributed by atoms with Gasteiger partial charge in [0.05, 0.1) is 0 Å². The van der Waals surface area contributed by atoms with Crippen LogP contribution in [0.2, 0.25) is 0 Å². The van der Waals surface area contributed by atoms with Gasteiger partial charge in [-0.15, -0.1) is 10.2 Å². The molecule has 0 radical (unpaired) electrons. The van der Waals surface area contributed by atoms with Crippen LogP contribution in [0.5, 0.6) is 0 Å². The smallest absolute Gasteiger partial charge is 0.189 e. The number of nitrogens with zero attached hydrogens (tertiary/aromatic N) is 8. The molecule has 2 aromatic rings. The summed E-state index contributed by atoms with van der Waals surface area (Å²) in [6, 6.07) is 0. The molecule has 2 aromatic heterocycles. The van der Waals surface area contributed by atoms with Crippen molar-refractivity contribution in [2.45, 2.75) is 0 Å². The van der Waals surface area contributed by atoms with Crippen molar-refractivity contribution in [1.29, 1.82) is 0 Å². The highest BCUT2D eigenvalue weighted by Crippen LogP contribution is 2.16. The Hall–Kier alpha value is -2.06. The van der Waals surface area contributed by atoms with E-state index in [4.69, 9.17) is 0 Å². The van der Waals surface area contributed by atoms with Gasteiger partial charge in [0, 0.05) is 0 Å². The van der Waals surface area contributed by atoms with Crippen LogP contribution in [0, 0.1) is 0 Å². The van der Waals surface area contributed by atoms with E-state index >= 15 is 0 Å². The Morgan fingerprint density at radius 3 is 3.00 bits per heavy atom. The van der Waals surface area contributed by atoms with E-state index in [-0.39, 0.29) is 11.9 Å². The second-order valence-corrected chi connectivity index (χ2v) is 1.50. The van der Waals surface area contributed by atoms with Gasteiger partial charge in [0.25, 0.3) is 0 Å². The van der Waals surface area contributed by atoms with E-state index < -0.39 is 0 Å². The van der Waals surface area contributed by atoms with Crippen molar-refractivity contribution in [2.75, 3.05) is 0 Å². The zero-order valence-corrected chi connectivity index (χ0v) is 5.08. The maximum absolute atomic E-state index is 3.70. The highest BCUT2D eigenvalue weighted by Gasteiger charge is 1.86. The number of hydrogen-bond acceptors (Lipinski definition) is 6. The fraction of sp³-hybridized carbons (Fsp3) is 0. The lowest BCUT2D eigenvalue weighted by Gasteiger charge is -2.06. The first-order valence-corrected chi connectivity index (χ1v) is 2.59. The summed E-state index contributed by atoms with van der Waals surface area (Å²) in [7, 11) is 0. The third-order valence-electron chi connectivity index (χ3n) is 0.842. The fourth-order valence-corrected chi connectivity index (χ4v) is 0.478. The van der Waals surface area contributed by atoms with Crippen LogP contribution in [0.4, 0.5) is 11.9 Å². The van der Waals surface area contributed by atoms with Gasteiger partial charge in [-0.05, 0) is 0 Å². The number of H-pyrrole nitrogens is 1. The molecule has 0 spiro atoms. The summed E-state index contributed by atoms with van der Waals surface area (Å²) in [4.78, 5) is 0. The lowest BCUT2D eigenvalue weighted by molar-refractivity contribution is 0.871. The van der Waals surface area contributed by atoms with Gasteiger partial charge in [0.1, 0.15) is 0 Å². The molecule has 0 atom stereocenters. The molecule has 0 saturated heterocycles. The van der Waals surface area contributed by atoms with E-state index in [0.717, 1.165) is 0 Å². The van der Waals surface area contributed by atoms with Gasteiger partial charge < -0.3 is 20.7 Å². The Bertz CT molecular complexity index is 260. The third-order valence-corrected chi connectivity index (χ3v) is 0.842. The van der Waals surface area contributed by atoms with Crippen molar-refractivity contribution in [3.05, 3.63) is 5.32 Å². The Labute approximate surface area is 59.6 Å². The third kappa shape index (κ3) is 1.10. The van der Waals surface area contributed by atoms with Crippen LogP contribution < -0.4 is 5.10 Å². The summed E-state index contributed by atoms with van der Waals surface area (Å²) < 4.78 is 0. The molecule has 0 aliphatic carbocycles. The van der Waals surface area contributed by atoms with Crippen LogP contribution in [0.15, 0.2) is 0 Å². The SMILES string of the molecule is n1n[n-]c([N-]c2nn[nH]n2)n1. The van der Waals surface area contributed by atoms with E-state index in [2.05, 4.69) is 46.6 Å². The van der Waals surface area contributed by atoms with Gasteiger partial charge >= 0.3 is 0 Å². The molecule has 2 heterocycles. The normalized spacial score (nSPS) is 9.82. The molecule has 2 rings (SSSR count). The number of hydrogen-bond donors (Lipinski definition) is 1. The molecule has 0 fully saturated rings. The van der Waals surface area contributed by atoms with Gasteiger partial charge in [-0.3, -0.25) is 5.21 Å². The molecule has 9 nitrogen and oxygen atoms in total. The van der Waals surface area contributed by atoms with E-state index in [1.54, 1.807) is 0 Å². The molecule has 56 valence electrons. The Morgan fingerprint density at radius 1 is 1.36 bits per heavy atom. The lowest BCUT2D eigenvalue weighted by Crippen LogP contribution is -1.75. The van der Waals surface area contributed by atoms with E-state index in [1.807, 2.05) is 0 Å². The molecule has 0 aliphatic rings. The van der Waals surface area contributed by atoms with Crippen LogP contribution in [0.1, 0.15) is 0 Å². The van der Waals surface area contributed by atoms with Gasteiger partial charge in [0.15, 0.2) is 5.95 Å². The van der Waals surface area contributed by atoms with Crippen LogP contribution in [-0.4, -0.2) is 36.1 Å². The summed E-state index contributed by atoms with van der Waals surface area (Å²) in [6.07, 6.45) is 0. The molecule has 0 aromatic carbocycles. The Morgan fingerprint density at radius 2 is 2.36 bits per heavy atom. The number of tetrazole rings is 2. The van der Waals surface area contributed by atoms with Crippen molar-refractivity contribution in [2.24, 2.45) is 0 Å². The largest absolute Gasteiger partial charge is 0.452 e. The minimum Gasteiger partial charge on any atom is -0.452 e. The summed E-state index contributed by atoms with van der Waals surface area (Å²) in [6.45, 7) is 0. The first-order valence-electron chi connectivity index (χ1n) is 2.59. The first-order chi connectivity index (χ1) is 5.45. The fourth-order valence-electron chi connectivity index (χ4n) is 0.478. The predicted octanol–water partition coefficient (Wildman–Crippen LogP) is -1.32. The number of rotatable bonds is 2. The van der Waals surface area contributed by atoms with Gasteiger partial charge in [0.2, 0.25) is 0 Å². The predicted molar refractivity (Wildman–Crippen MR) is 30.0 cm³/mol. The van der Waals surface area contributed by atoms with Crippen molar-refractivity contribution in [3.63, 3.8) is 0 Å². The molecule has 1 N–H and O–H groups in total. The van der Waals surface area contributed by atoms with Crippen molar-refractivity contribution in [3.8, 4) is 0 Å². The van der Waals surface area contributed by atoms with Crippen LogP contribution in [0.3, 0.4) is 0 Å². The highest BCUT2D eigenvalue weighted by atomic mass is 15.5. The molecular weight excluding hydrogens is 150 g/mol. The highest BCUT2D eigenvalue weighted by molar-refractivity contribution is 5.47.